The molecule has 1 saturated heterocycles. The van der Waals surface area contributed by atoms with Gasteiger partial charge in [0.15, 0.2) is 11.5 Å². The average Bonchev–Trinajstić information content (AvgIpc) is 3.48. The first-order valence-corrected chi connectivity index (χ1v) is 14.6. The number of nitrogens with zero attached hydrogens (tertiary/aromatic N) is 1. The lowest BCUT2D eigenvalue weighted by atomic mass is 9.87. The molecular weight excluding hydrogens is 635 g/mol. The highest BCUT2D eigenvalue weighted by Gasteiger charge is 2.42. The van der Waals surface area contributed by atoms with Crippen LogP contribution in [0.15, 0.2) is 23.8 Å². The Labute approximate surface area is 248 Å². The lowest BCUT2D eigenvalue weighted by molar-refractivity contribution is -0.148. The maximum Gasteiger partial charge on any atom is 0.252 e. The maximum absolute atomic E-state index is 13.7. The summed E-state index contributed by atoms with van der Waals surface area (Å²) in [6.07, 6.45) is 1.39. The fourth-order valence-corrected chi connectivity index (χ4v) is 5.54. The van der Waals surface area contributed by atoms with Crippen LogP contribution < -0.4 is 14.8 Å². The summed E-state index contributed by atoms with van der Waals surface area (Å²) in [6.45, 7) is 4.89. The van der Waals surface area contributed by atoms with Gasteiger partial charge in [-0.15, -0.1) is 0 Å². The number of rotatable bonds is 14. The first kappa shape index (κ1) is 32.3. The molecule has 1 aliphatic heterocycles. The number of halogens is 1. The highest BCUT2D eigenvalue weighted by atomic mass is 127. The zero-order valence-corrected chi connectivity index (χ0v) is 25.3. The van der Waals surface area contributed by atoms with E-state index in [1.165, 1.54) is 19.3 Å². The zero-order chi connectivity index (χ0) is 29.2. The lowest BCUT2D eigenvalue weighted by Gasteiger charge is -2.41. The van der Waals surface area contributed by atoms with Crippen molar-refractivity contribution in [2.75, 3.05) is 40.0 Å². The molecule has 11 nitrogen and oxygen atoms in total. The largest absolute Gasteiger partial charge is 0.493 e. The minimum absolute atomic E-state index is 0.0354. The fourth-order valence-electron chi connectivity index (χ4n) is 4.79. The summed E-state index contributed by atoms with van der Waals surface area (Å²) in [5.74, 6) is -0.0808. The number of carbonyl (C=O) groups excluding carboxylic acids is 3. The maximum atomic E-state index is 13.7. The van der Waals surface area contributed by atoms with Crippen LogP contribution in [-0.2, 0) is 19.1 Å². The molecule has 1 aliphatic carbocycles. The second kappa shape index (κ2) is 15.7. The topological polar surface area (TPSA) is 144 Å². The standard InChI is InChI=1S/C28H39IN2O9/c1-17(2)38-11-5-8-31(28(36)22-6-4-10-39-22)21-14-19(27(35)30-7-9-32)15-23(25(21)34)40-26-20(29)12-18(16-33)13-24(26)37-3/h12-13,15-17,21-23,25,32,34H,4-11,14H2,1-3H3,(H,30,35). The minimum atomic E-state index is -1.20. The zero-order valence-electron chi connectivity index (χ0n) is 23.1. The van der Waals surface area contributed by atoms with Gasteiger partial charge in [-0.25, -0.2) is 0 Å². The van der Waals surface area contributed by atoms with E-state index in [1.54, 1.807) is 11.0 Å². The van der Waals surface area contributed by atoms with Crippen LogP contribution in [0.3, 0.4) is 0 Å². The molecule has 1 aromatic rings. The highest BCUT2D eigenvalue weighted by Crippen LogP contribution is 2.37. The molecule has 40 heavy (non-hydrogen) atoms. The molecule has 0 radical (unpaired) electrons. The monoisotopic (exact) mass is 674 g/mol. The van der Waals surface area contributed by atoms with Crippen LogP contribution in [0.4, 0.5) is 0 Å². The van der Waals surface area contributed by atoms with Gasteiger partial charge in [0.1, 0.15) is 24.6 Å². The third-order valence-corrected chi connectivity index (χ3v) is 7.54. The van der Waals surface area contributed by atoms with E-state index in [9.17, 15) is 24.6 Å². The molecule has 1 aromatic carbocycles. The SMILES string of the molecule is COc1cc(C=O)cc(I)c1OC1C=C(C(=O)NCCO)CC(N(CCCOC(C)C)C(=O)C2CCCO2)C1O. The second-order valence-corrected chi connectivity index (χ2v) is 11.1. The third kappa shape index (κ3) is 8.38. The molecule has 0 saturated carbocycles. The number of hydrogen-bond donors (Lipinski definition) is 3. The van der Waals surface area contributed by atoms with Crippen molar-refractivity contribution in [1.29, 1.82) is 0 Å². The van der Waals surface area contributed by atoms with Gasteiger partial charge < -0.3 is 39.4 Å². The first-order chi connectivity index (χ1) is 19.2. The van der Waals surface area contributed by atoms with E-state index in [2.05, 4.69) is 5.32 Å². The van der Waals surface area contributed by atoms with Gasteiger partial charge in [0.2, 0.25) is 5.91 Å². The van der Waals surface area contributed by atoms with E-state index in [0.717, 1.165) is 6.42 Å². The number of hydrogen-bond acceptors (Lipinski definition) is 9. The summed E-state index contributed by atoms with van der Waals surface area (Å²) in [6, 6.07) is 2.36. The molecule has 2 amide bonds. The van der Waals surface area contributed by atoms with E-state index in [0.29, 0.717) is 65.1 Å². The van der Waals surface area contributed by atoms with Crippen molar-refractivity contribution in [3.05, 3.63) is 32.9 Å². The third-order valence-electron chi connectivity index (χ3n) is 6.74. The first-order valence-electron chi connectivity index (χ1n) is 13.5. The number of aliphatic hydroxyl groups excluding tert-OH is 2. The molecule has 3 rings (SSSR count). The van der Waals surface area contributed by atoms with Gasteiger partial charge >= 0.3 is 0 Å². The Hall–Kier alpha value is -2.26. The Morgan fingerprint density at radius 2 is 2.10 bits per heavy atom. The van der Waals surface area contributed by atoms with Crippen molar-refractivity contribution in [3.63, 3.8) is 0 Å². The van der Waals surface area contributed by atoms with Crippen LogP contribution in [-0.4, -0.2) is 104 Å². The molecular formula is C28H39IN2O9. The van der Waals surface area contributed by atoms with Crippen LogP contribution in [0.1, 0.15) is 49.9 Å². The van der Waals surface area contributed by atoms with Crippen molar-refractivity contribution in [2.24, 2.45) is 0 Å². The van der Waals surface area contributed by atoms with Crippen LogP contribution in [0, 0.1) is 3.57 Å². The average molecular weight is 675 g/mol. The van der Waals surface area contributed by atoms with Crippen molar-refractivity contribution in [3.8, 4) is 11.5 Å². The summed E-state index contributed by atoms with van der Waals surface area (Å²) in [4.78, 5) is 39.6. The smallest absolute Gasteiger partial charge is 0.252 e. The van der Waals surface area contributed by atoms with Crippen molar-refractivity contribution in [2.45, 2.75) is 70.0 Å². The predicted octanol–water partition coefficient (Wildman–Crippen LogP) is 1.85. The van der Waals surface area contributed by atoms with E-state index < -0.39 is 30.3 Å². The number of carbonyl (C=O) groups is 3. The van der Waals surface area contributed by atoms with Gasteiger partial charge in [-0.3, -0.25) is 14.4 Å². The number of aldehydes is 1. The summed E-state index contributed by atoms with van der Waals surface area (Å²) in [5.41, 5.74) is 0.711. The number of benzene rings is 1. The summed E-state index contributed by atoms with van der Waals surface area (Å²) >= 11 is 2.01. The van der Waals surface area contributed by atoms with Gasteiger partial charge in [0, 0.05) is 43.9 Å². The molecule has 0 spiro atoms. The Balaban J connectivity index is 1.96. The van der Waals surface area contributed by atoms with Gasteiger partial charge in [-0.2, -0.15) is 0 Å². The molecule has 2 aliphatic rings. The van der Waals surface area contributed by atoms with Crippen LogP contribution >= 0.6 is 22.6 Å². The Kier molecular flexibility index (Phi) is 12.6. The Morgan fingerprint density at radius 3 is 2.73 bits per heavy atom. The van der Waals surface area contributed by atoms with Crippen molar-refractivity contribution in [1.82, 2.24) is 10.2 Å². The quantitative estimate of drug-likeness (QED) is 0.153. The Morgan fingerprint density at radius 1 is 1.32 bits per heavy atom. The molecule has 0 aromatic heterocycles. The molecule has 0 bridgehead atoms. The number of amides is 2. The highest BCUT2D eigenvalue weighted by molar-refractivity contribution is 14.1. The van der Waals surface area contributed by atoms with Crippen LogP contribution in [0.2, 0.25) is 0 Å². The van der Waals surface area contributed by atoms with Crippen molar-refractivity contribution < 1.29 is 43.5 Å². The summed E-state index contributed by atoms with van der Waals surface area (Å²) < 4.78 is 23.6. The summed E-state index contributed by atoms with van der Waals surface area (Å²) in [7, 11) is 1.44. The molecule has 3 N–H and O–H groups in total. The van der Waals surface area contributed by atoms with Gasteiger partial charge in [-0.05, 0) is 73.9 Å². The van der Waals surface area contributed by atoms with Gasteiger partial charge in [0.25, 0.3) is 5.91 Å². The number of ether oxygens (including phenoxy) is 4. The van der Waals surface area contributed by atoms with E-state index in [1.807, 2.05) is 36.4 Å². The van der Waals surface area contributed by atoms with E-state index in [-0.39, 0.29) is 31.6 Å². The Bertz CT molecular complexity index is 1060. The molecule has 12 heteroatoms. The van der Waals surface area contributed by atoms with E-state index >= 15 is 0 Å². The number of aliphatic hydroxyl groups is 2. The predicted molar refractivity (Wildman–Crippen MR) is 154 cm³/mol. The minimum Gasteiger partial charge on any atom is -0.493 e. The summed E-state index contributed by atoms with van der Waals surface area (Å²) in [5, 5.41) is 23.5. The van der Waals surface area contributed by atoms with Crippen LogP contribution in [0.5, 0.6) is 11.5 Å². The molecule has 222 valence electrons. The number of methoxy groups -OCH3 is 1. The van der Waals surface area contributed by atoms with E-state index in [4.69, 9.17) is 18.9 Å². The van der Waals surface area contributed by atoms with Crippen molar-refractivity contribution >= 4 is 40.7 Å². The van der Waals surface area contributed by atoms with Gasteiger partial charge in [-0.1, -0.05) is 0 Å². The van der Waals surface area contributed by atoms with Gasteiger partial charge in [0.05, 0.1) is 29.4 Å². The van der Waals surface area contributed by atoms with Crippen LogP contribution in [0.25, 0.3) is 0 Å². The number of nitrogens with one attached hydrogen (secondary N) is 1. The molecule has 1 heterocycles. The molecule has 4 unspecified atom stereocenters. The normalized spacial score (nSPS) is 22.5. The molecule has 1 fully saturated rings. The molecule has 4 atom stereocenters. The second-order valence-electron chi connectivity index (χ2n) is 9.97. The lowest BCUT2D eigenvalue weighted by Crippen LogP contribution is -2.57. The fraction of sp³-hybridized carbons (Fsp3) is 0.607.